The summed E-state index contributed by atoms with van der Waals surface area (Å²) in [4.78, 5) is 4.14. The van der Waals surface area contributed by atoms with E-state index in [1.165, 1.54) is 38.8 Å². The van der Waals surface area contributed by atoms with Gasteiger partial charge in [-0.2, -0.15) is 0 Å². The van der Waals surface area contributed by atoms with Crippen molar-refractivity contribution in [1.82, 2.24) is 14.5 Å². The third-order valence-corrected chi connectivity index (χ3v) is 7.08. The van der Waals surface area contributed by atoms with Crippen molar-refractivity contribution in [2.45, 2.75) is 18.9 Å². The molecule has 0 amide bonds. The van der Waals surface area contributed by atoms with Gasteiger partial charge in [0.05, 0.1) is 5.52 Å². The zero-order valence-electron chi connectivity index (χ0n) is 19.4. The van der Waals surface area contributed by atoms with Crippen LogP contribution in [0, 0.1) is 0 Å². The Morgan fingerprint density at radius 1 is 0.857 bits per heavy atom. The predicted molar refractivity (Wildman–Crippen MR) is 148 cm³/mol. The largest absolute Gasteiger partial charge is 0.343 e. The van der Waals surface area contributed by atoms with E-state index >= 15 is 0 Å². The molecule has 0 saturated heterocycles. The summed E-state index contributed by atoms with van der Waals surface area (Å²) >= 11 is 6.18. The standard InChI is InChI=1S/C18H17ClN2.C12H10N2/c19-15-6-3-5-13(10-15)16-12-20-8-9-21-17-7-2-1-4-14(17)11-18(16)21;1-2-4-12-10(3-1)9-11-5-6-13-7-8-14(11)12/h1-7,10-11,16,20H,8-9,12H2;1-4,6-9H,5H2. The highest BCUT2D eigenvalue weighted by Crippen LogP contribution is 2.32. The van der Waals surface area contributed by atoms with Crippen LogP contribution in [0.4, 0.5) is 0 Å². The van der Waals surface area contributed by atoms with Crippen LogP contribution in [0.1, 0.15) is 22.9 Å². The SMILES string of the molecule is C1=Cn2c(cc3ccccc32)CC=N1.Clc1cccc(C2CNCCn3c2cc2ccccc23)c1. The Balaban J connectivity index is 0.000000141. The monoisotopic (exact) mass is 478 g/mol. The van der Waals surface area contributed by atoms with Gasteiger partial charge in [0.1, 0.15) is 0 Å². The molecule has 0 bridgehead atoms. The van der Waals surface area contributed by atoms with E-state index in [1.807, 2.05) is 30.7 Å². The topological polar surface area (TPSA) is 34.2 Å². The van der Waals surface area contributed by atoms with Gasteiger partial charge >= 0.3 is 0 Å². The number of hydrogen-bond donors (Lipinski definition) is 1. The van der Waals surface area contributed by atoms with Crippen LogP contribution in [-0.4, -0.2) is 28.4 Å². The normalized spacial score (nSPS) is 16.8. The lowest BCUT2D eigenvalue weighted by Crippen LogP contribution is -2.21. The molecule has 1 N–H and O–H groups in total. The number of fused-ring (bicyclic) bond motifs is 6. The smallest absolute Gasteiger partial charge is 0.0526 e. The number of rotatable bonds is 1. The molecule has 5 aromatic rings. The van der Waals surface area contributed by atoms with Gasteiger partial charge in [0.25, 0.3) is 0 Å². The maximum absolute atomic E-state index is 6.18. The molecule has 2 aliphatic heterocycles. The van der Waals surface area contributed by atoms with Crippen molar-refractivity contribution in [3.05, 3.63) is 113 Å². The minimum Gasteiger partial charge on any atom is -0.343 e. The summed E-state index contributed by atoms with van der Waals surface area (Å²) in [5, 5.41) is 6.97. The predicted octanol–water partition coefficient (Wildman–Crippen LogP) is 6.73. The Morgan fingerprint density at radius 2 is 1.66 bits per heavy atom. The highest BCUT2D eigenvalue weighted by atomic mass is 35.5. The van der Waals surface area contributed by atoms with Gasteiger partial charge in [0, 0.05) is 77.9 Å². The van der Waals surface area contributed by atoms with E-state index in [0.29, 0.717) is 5.92 Å². The van der Waals surface area contributed by atoms with E-state index in [0.717, 1.165) is 31.1 Å². The van der Waals surface area contributed by atoms with Crippen LogP contribution >= 0.6 is 11.6 Å². The Bertz CT molecular complexity index is 1560. The average molecular weight is 479 g/mol. The fraction of sp³-hybridized carbons (Fsp3) is 0.167. The minimum atomic E-state index is 0.346. The second-order valence-electron chi connectivity index (χ2n) is 8.99. The number of hydrogen-bond acceptors (Lipinski definition) is 2. The molecule has 1 unspecified atom stereocenters. The summed E-state index contributed by atoms with van der Waals surface area (Å²) in [6.07, 6.45) is 6.69. The van der Waals surface area contributed by atoms with E-state index in [9.17, 15) is 0 Å². The summed E-state index contributed by atoms with van der Waals surface area (Å²) in [7, 11) is 0. The Morgan fingerprint density at radius 3 is 2.51 bits per heavy atom. The van der Waals surface area contributed by atoms with Crippen LogP contribution < -0.4 is 5.32 Å². The Kier molecular flexibility index (Phi) is 5.99. The highest BCUT2D eigenvalue weighted by molar-refractivity contribution is 6.30. The molecular formula is C30H27ClN4. The number of benzene rings is 3. The molecule has 174 valence electrons. The van der Waals surface area contributed by atoms with Gasteiger partial charge in [-0.3, -0.25) is 4.99 Å². The first-order valence-corrected chi connectivity index (χ1v) is 12.5. The zero-order chi connectivity index (χ0) is 23.6. The Hall–Kier alpha value is -3.60. The van der Waals surface area contributed by atoms with Gasteiger partial charge in [-0.15, -0.1) is 0 Å². The second kappa shape index (κ2) is 9.57. The van der Waals surface area contributed by atoms with E-state index < -0.39 is 0 Å². The van der Waals surface area contributed by atoms with Crippen LogP contribution in [-0.2, 0) is 13.0 Å². The molecule has 0 aliphatic carbocycles. The number of aliphatic imine (C=N–C) groups is 1. The molecule has 1 atom stereocenters. The average Bonchev–Trinajstić information content (AvgIpc) is 3.22. The van der Waals surface area contributed by atoms with E-state index in [2.05, 4.69) is 92.2 Å². The van der Waals surface area contributed by atoms with Crippen molar-refractivity contribution < 1.29 is 0 Å². The number of aromatic nitrogens is 2. The first-order valence-electron chi connectivity index (χ1n) is 12.1. The van der Waals surface area contributed by atoms with Gasteiger partial charge in [-0.1, -0.05) is 60.1 Å². The fourth-order valence-electron chi connectivity index (χ4n) is 5.20. The van der Waals surface area contributed by atoms with Crippen molar-refractivity contribution in [1.29, 1.82) is 0 Å². The van der Waals surface area contributed by atoms with Gasteiger partial charge in [0.2, 0.25) is 0 Å². The van der Waals surface area contributed by atoms with Crippen molar-refractivity contribution in [3.8, 4) is 0 Å². The lowest BCUT2D eigenvalue weighted by molar-refractivity contribution is 0.646. The molecule has 0 radical (unpaired) electrons. The molecule has 35 heavy (non-hydrogen) atoms. The molecule has 2 aromatic heterocycles. The van der Waals surface area contributed by atoms with E-state index in [4.69, 9.17) is 11.6 Å². The van der Waals surface area contributed by atoms with Crippen molar-refractivity contribution in [2.75, 3.05) is 13.1 Å². The first-order chi connectivity index (χ1) is 17.3. The summed E-state index contributed by atoms with van der Waals surface area (Å²) in [5.74, 6) is 0.346. The molecule has 2 aliphatic rings. The summed E-state index contributed by atoms with van der Waals surface area (Å²) in [5.41, 5.74) is 6.53. The van der Waals surface area contributed by atoms with Gasteiger partial charge in [0.15, 0.2) is 0 Å². The van der Waals surface area contributed by atoms with Crippen molar-refractivity contribution in [3.63, 3.8) is 0 Å². The molecule has 4 heterocycles. The van der Waals surface area contributed by atoms with E-state index in [1.54, 1.807) is 0 Å². The first kappa shape index (κ1) is 21.9. The molecule has 3 aromatic carbocycles. The van der Waals surface area contributed by atoms with Crippen LogP contribution in [0.15, 0.2) is 96.1 Å². The second-order valence-corrected chi connectivity index (χ2v) is 9.43. The van der Waals surface area contributed by atoms with Gasteiger partial charge in [-0.05, 0) is 47.3 Å². The van der Waals surface area contributed by atoms with Gasteiger partial charge in [-0.25, -0.2) is 0 Å². The highest BCUT2D eigenvalue weighted by Gasteiger charge is 2.22. The maximum Gasteiger partial charge on any atom is 0.0526 e. The third-order valence-electron chi connectivity index (χ3n) is 6.85. The lowest BCUT2D eigenvalue weighted by Gasteiger charge is -2.17. The van der Waals surface area contributed by atoms with Gasteiger partial charge < -0.3 is 14.5 Å². The zero-order valence-corrected chi connectivity index (χ0v) is 20.2. The number of para-hydroxylation sites is 2. The van der Waals surface area contributed by atoms with Crippen LogP contribution in [0.2, 0.25) is 5.02 Å². The van der Waals surface area contributed by atoms with Crippen LogP contribution in [0.25, 0.3) is 28.0 Å². The summed E-state index contributed by atoms with van der Waals surface area (Å²) < 4.78 is 4.64. The lowest BCUT2D eigenvalue weighted by atomic mass is 9.95. The molecule has 7 rings (SSSR count). The van der Waals surface area contributed by atoms with E-state index in [-0.39, 0.29) is 0 Å². The minimum absolute atomic E-state index is 0.346. The summed E-state index contributed by atoms with van der Waals surface area (Å²) in [6.45, 7) is 2.97. The Labute approximate surface area is 210 Å². The molecule has 0 spiro atoms. The van der Waals surface area contributed by atoms with Crippen LogP contribution in [0.5, 0.6) is 0 Å². The number of nitrogens with zero attached hydrogens (tertiary/aromatic N) is 3. The molecule has 0 saturated carbocycles. The van der Waals surface area contributed by atoms with Crippen molar-refractivity contribution >= 4 is 45.8 Å². The number of nitrogens with one attached hydrogen (secondary N) is 1. The fourth-order valence-corrected chi connectivity index (χ4v) is 5.40. The molecule has 5 heteroatoms. The summed E-state index contributed by atoms with van der Waals surface area (Å²) in [6, 6.07) is 29.8. The quantitative estimate of drug-likeness (QED) is 0.285. The molecule has 4 nitrogen and oxygen atoms in total. The molecular weight excluding hydrogens is 452 g/mol. The van der Waals surface area contributed by atoms with Crippen molar-refractivity contribution in [2.24, 2.45) is 4.99 Å². The van der Waals surface area contributed by atoms with Crippen LogP contribution in [0.3, 0.4) is 0 Å². The molecule has 0 fully saturated rings. The number of halogens is 1. The maximum atomic E-state index is 6.18. The third kappa shape index (κ3) is 4.31.